The van der Waals surface area contributed by atoms with E-state index in [9.17, 15) is 4.79 Å². The standard InChI is InChI=1S/C14H28N2O2/c1-4-18-13(17)14(2,15)10-7-11-16(3)12-8-5-6-9-12/h12H,4-11,15H2,1-3H3. The lowest BCUT2D eigenvalue weighted by Gasteiger charge is -2.26. The lowest BCUT2D eigenvalue weighted by atomic mass is 9.97. The van der Waals surface area contributed by atoms with E-state index in [0.717, 1.165) is 19.0 Å². The first-order chi connectivity index (χ1) is 8.47. The van der Waals surface area contributed by atoms with Gasteiger partial charge in [-0.3, -0.25) is 4.79 Å². The minimum absolute atomic E-state index is 0.284. The van der Waals surface area contributed by atoms with Crippen molar-refractivity contribution in [2.45, 2.75) is 64.0 Å². The van der Waals surface area contributed by atoms with E-state index in [1.54, 1.807) is 6.92 Å². The number of nitrogens with zero attached hydrogens (tertiary/aromatic N) is 1. The van der Waals surface area contributed by atoms with E-state index in [2.05, 4.69) is 11.9 Å². The summed E-state index contributed by atoms with van der Waals surface area (Å²) < 4.78 is 4.99. The van der Waals surface area contributed by atoms with Gasteiger partial charge in [0, 0.05) is 6.04 Å². The van der Waals surface area contributed by atoms with Crippen molar-refractivity contribution in [3.8, 4) is 0 Å². The Morgan fingerprint density at radius 1 is 1.44 bits per heavy atom. The molecule has 0 aromatic heterocycles. The molecule has 0 radical (unpaired) electrons. The van der Waals surface area contributed by atoms with Gasteiger partial charge in [-0.1, -0.05) is 12.8 Å². The van der Waals surface area contributed by atoms with E-state index in [1.807, 2.05) is 6.92 Å². The fourth-order valence-electron chi connectivity index (χ4n) is 2.62. The molecule has 0 bridgehead atoms. The van der Waals surface area contributed by atoms with Crippen molar-refractivity contribution >= 4 is 5.97 Å². The first kappa shape index (κ1) is 15.4. The molecule has 1 rings (SSSR count). The highest BCUT2D eigenvalue weighted by Crippen LogP contribution is 2.23. The monoisotopic (exact) mass is 256 g/mol. The van der Waals surface area contributed by atoms with Crippen molar-refractivity contribution in [3.05, 3.63) is 0 Å². The highest BCUT2D eigenvalue weighted by Gasteiger charge is 2.29. The molecule has 18 heavy (non-hydrogen) atoms. The number of carbonyl (C=O) groups is 1. The Morgan fingerprint density at radius 2 is 2.06 bits per heavy atom. The lowest BCUT2D eigenvalue weighted by molar-refractivity contribution is -0.149. The third-order valence-corrected chi connectivity index (χ3v) is 3.90. The van der Waals surface area contributed by atoms with E-state index < -0.39 is 5.54 Å². The second-order valence-electron chi connectivity index (χ2n) is 5.66. The third kappa shape index (κ3) is 4.58. The molecule has 0 aromatic carbocycles. The molecule has 0 aromatic rings. The van der Waals surface area contributed by atoms with E-state index in [4.69, 9.17) is 10.5 Å². The Bertz CT molecular complexity index is 261. The summed E-state index contributed by atoms with van der Waals surface area (Å²) in [6.45, 7) is 4.98. The zero-order chi connectivity index (χ0) is 13.6. The van der Waals surface area contributed by atoms with Crippen LogP contribution in [0.3, 0.4) is 0 Å². The summed E-state index contributed by atoms with van der Waals surface area (Å²) in [5, 5.41) is 0. The fourth-order valence-corrected chi connectivity index (χ4v) is 2.62. The van der Waals surface area contributed by atoms with Gasteiger partial charge in [0.15, 0.2) is 0 Å². The Morgan fingerprint density at radius 3 is 2.61 bits per heavy atom. The van der Waals surface area contributed by atoms with Gasteiger partial charge in [0.05, 0.1) is 6.61 Å². The number of nitrogens with two attached hydrogens (primary N) is 1. The van der Waals surface area contributed by atoms with Gasteiger partial charge < -0.3 is 15.4 Å². The van der Waals surface area contributed by atoms with Crippen molar-refractivity contribution in [2.24, 2.45) is 5.73 Å². The topological polar surface area (TPSA) is 55.6 Å². The summed E-state index contributed by atoms with van der Waals surface area (Å²) in [5.74, 6) is -0.284. The molecule has 106 valence electrons. The third-order valence-electron chi connectivity index (χ3n) is 3.90. The average Bonchev–Trinajstić information content (AvgIpc) is 2.82. The molecular formula is C14H28N2O2. The van der Waals surface area contributed by atoms with E-state index in [0.29, 0.717) is 13.0 Å². The Hall–Kier alpha value is -0.610. The molecular weight excluding hydrogens is 228 g/mol. The summed E-state index contributed by atoms with van der Waals surface area (Å²) in [7, 11) is 2.17. The highest BCUT2D eigenvalue weighted by atomic mass is 16.5. The van der Waals surface area contributed by atoms with Gasteiger partial charge in [-0.05, 0) is 53.1 Å². The van der Waals surface area contributed by atoms with E-state index >= 15 is 0 Å². The summed E-state index contributed by atoms with van der Waals surface area (Å²) in [6, 6.07) is 0.733. The van der Waals surface area contributed by atoms with Crippen LogP contribution in [-0.4, -0.2) is 42.6 Å². The van der Waals surface area contributed by atoms with Crippen LogP contribution in [0.15, 0.2) is 0 Å². The minimum atomic E-state index is -0.841. The van der Waals surface area contributed by atoms with Crippen LogP contribution < -0.4 is 5.73 Å². The van der Waals surface area contributed by atoms with Gasteiger partial charge >= 0.3 is 5.97 Å². The lowest BCUT2D eigenvalue weighted by Crippen LogP contribution is -2.46. The number of hydrogen-bond donors (Lipinski definition) is 1. The maximum absolute atomic E-state index is 11.6. The van der Waals surface area contributed by atoms with E-state index in [1.165, 1.54) is 25.7 Å². The molecule has 1 aliphatic carbocycles. The van der Waals surface area contributed by atoms with Crippen LogP contribution in [-0.2, 0) is 9.53 Å². The second kappa shape index (κ2) is 7.10. The Labute approximate surface area is 111 Å². The molecule has 4 nitrogen and oxygen atoms in total. The largest absolute Gasteiger partial charge is 0.465 e. The molecule has 1 atom stereocenters. The number of hydrogen-bond acceptors (Lipinski definition) is 4. The maximum Gasteiger partial charge on any atom is 0.325 e. The summed E-state index contributed by atoms with van der Waals surface area (Å²) >= 11 is 0. The van der Waals surface area contributed by atoms with Crippen LogP contribution in [0.2, 0.25) is 0 Å². The molecule has 2 N–H and O–H groups in total. The van der Waals surface area contributed by atoms with Crippen LogP contribution in [0.5, 0.6) is 0 Å². The molecule has 0 amide bonds. The Kier molecular flexibility index (Phi) is 6.09. The molecule has 4 heteroatoms. The molecule has 1 fully saturated rings. The Balaban J connectivity index is 2.25. The minimum Gasteiger partial charge on any atom is -0.465 e. The average molecular weight is 256 g/mol. The van der Waals surface area contributed by atoms with E-state index in [-0.39, 0.29) is 5.97 Å². The number of rotatable bonds is 7. The van der Waals surface area contributed by atoms with Crippen LogP contribution >= 0.6 is 0 Å². The van der Waals surface area contributed by atoms with Gasteiger partial charge in [-0.2, -0.15) is 0 Å². The molecule has 1 aliphatic rings. The van der Waals surface area contributed by atoms with Gasteiger partial charge in [-0.15, -0.1) is 0 Å². The molecule has 0 spiro atoms. The van der Waals surface area contributed by atoms with Crippen LogP contribution in [0.4, 0.5) is 0 Å². The summed E-state index contributed by atoms with van der Waals surface area (Å²) in [4.78, 5) is 14.0. The zero-order valence-corrected chi connectivity index (χ0v) is 12.1. The predicted octanol–water partition coefficient (Wildman–Crippen LogP) is 1.92. The molecule has 1 saturated carbocycles. The van der Waals surface area contributed by atoms with Crippen molar-refractivity contribution in [1.29, 1.82) is 0 Å². The second-order valence-corrected chi connectivity index (χ2v) is 5.66. The van der Waals surface area contributed by atoms with Crippen molar-refractivity contribution in [3.63, 3.8) is 0 Å². The van der Waals surface area contributed by atoms with Crippen LogP contribution in [0.1, 0.15) is 52.4 Å². The van der Waals surface area contributed by atoms with Crippen LogP contribution in [0.25, 0.3) is 0 Å². The maximum atomic E-state index is 11.6. The zero-order valence-electron chi connectivity index (χ0n) is 12.1. The van der Waals surface area contributed by atoms with Gasteiger partial charge in [0.25, 0.3) is 0 Å². The fraction of sp³-hybridized carbons (Fsp3) is 0.929. The van der Waals surface area contributed by atoms with Crippen molar-refractivity contribution < 1.29 is 9.53 Å². The molecule has 1 unspecified atom stereocenters. The predicted molar refractivity (Wildman–Crippen MR) is 73.3 cm³/mol. The van der Waals surface area contributed by atoms with Crippen LogP contribution in [0, 0.1) is 0 Å². The normalized spacial score (nSPS) is 20.1. The SMILES string of the molecule is CCOC(=O)C(C)(N)CCCN(C)C1CCCC1. The molecule has 0 aliphatic heterocycles. The smallest absolute Gasteiger partial charge is 0.325 e. The van der Waals surface area contributed by atoms with Crippen molar-refractivity contribution in [1.82, 2.24) is 4.90 Å². The quantitative estimate of drug-likeness (QED) is 0.707. The number of esters is 1. The number of carbonyl (C=O) groups excluding carboxylic acids is 1. The number of ether oxygens (including phenoxy) is 1. The summed E-state index contributed by atoms with van der Waals surface area (Å²) in [6.07, 6.45) is 6.96. The van der Waals surface area contributed by atoms with Gasteiger partial charge in [0.2, 0.25) is 0 Å². The van der Waals surface area contributed by atoms with Gasteiger partial charge in [-0.25, -0.2) is 0 Å². The first-order valence-electron chi connectivity index (χ1n) is 7.13. The van der Waals surface area contributed by atoms with Crippen molar-refractivity contribution in [2.75, 3.05) is 20.2 Å². The molecule has 0 saturated heterocycles. The van der Waals surface area contributed by atoms with Gasteiger partial charge in [0.1, 0.15) is 5.54 Å². The highest BCUT2D eigenvalue weighted by molar-refractivity contribution is 5.79. The summed E-state index contributed by atoms with van der Waals surface area (Å²) in [5.41, 5.74) is 5.15. The first-order valence-corrected chi connectivity index (χ1v) is 7.13. The molecule has 0 heterocycles.